The number of Topliss-reactive ketones (excluding diaryl/α,β-unsaturated/α-hetero) is 3. The average Bonchev–Trinajstić information content (AvgIpc) is 2.88. The lowest BCUT2D eigenvalue weighted by molar-refractivity contribution is -0.125. The molecule has 0 aliphatic rings. The summed E-state index contributed by atoms with van der Waals surface area (Å²) in [7, 11) is 0. The first kappa shape index (κ1) is 36.3. The largest absolute Gasteiger partial charge is 0.381 e. The first-order valence-corrected chi connectivity index (χ1v) is 14.0. The molecule has 0 aromatic carbocycles. The predicted molar refractivity (Wildman–Crippen MR) is 146 cm³/mol. The monoisotopic (exact) mass is 541 g/mol. The standard InChI is InChI=1S/C29H51NO8/c1-24(2)13-17-34-14-7-10-26(31)22-37-20-18-35-15-8-11-27(32)23-38-21-19-36-16-9-12-28(33)29(5,30-6)25(3)4/h24-25H,7-23H2,1-5H3. The Kier molecular flexibility index (Phi) is 22.2. The molecule has 1 atom stereocenters. The van der Waals surface area contributed by atoms with Crippen molar-refractivity contribution in [1.29, 1.82) is 0 Å². The summed E-state index contributed by atoms with van der Waals surface area (Å²) in [5.74, 6) is 0.613. The van der Waals surface area contributed by atoms with E-state index >= 15 is 0 Å². The van der Waals surface area contributed by atoms with Crippen LogP contribution in [0.1, 0.15) is 79.6 Å². The lowest BCUT2D eigenvalue weighted by Gasteiger charge is -2.19. The summed E-state index contributed by atoms with van der Waals surface area (Å²) in [5.41, 5.74) is -0.967. The molecule has 0 spiro atoms. The fraction of sp³-hybridized carbons (Fsp3) is 0.862. The quantitative estimate of drug-likeness (QED) is 0.111. The van der Waals surface area contributed by atoms with Crippen molar-refractivity contribution in [2.24, 2.45) is 11.8 Å². The lowest BCUT2D eigenvalue weighted by Crippen LogP contribution is -2.37. The molecule has 220 valence electrons. The first-order chi connectivity index (χ1) is 18.1. The van der Waals surface area contributed by atoms with Gasteiger partial charge < -0.3 is 28.5 Å². The maximum Gasteiger partial charge on any atom is 0.289 e. The van der Waals surface area contributed by atoms with Gasteiger partial charge in [0.15, 0.2) is 11.6 Å². The first-order valence-electron chi connectivity index (χ1n) is 14.0. The van der Waals surface area contributed by atoms with E-state index < -0.39 is 5.54 Å². The topological polar surface area (TPSA) is 102 Å². The molecule has 0 bridgehead atoms. The Labute approximate surface area is 230 Å². The fourth-order valence-corrected chi connectivity index (χ4v) is 3.22. The zero-order valence-corrected chi connectivity index (χ0v) is 24.4. The Hall–Kier alpha value is -1.70. The van der Waals surface area contributed by atoms with Crippen LogP contribution in [-0.2, 0) is 38.1 Å². The van der Waals surface area contributed by atoms with Gasteiger partial charge in [0.2, 0.25) is 5.78 Å². The molecule has 0 saturated heterocycles. The van der Waals surface area contributed by atoms with Crippen molar-refractivity contribution < 1.29 is 38.1 Å². The van der Waals surface area contributed by atoms with Gasteiger partial charge in [-0.3, -0.25) is 14.4 Å². The van der Waals surface area contributed by atoms with E-state index in [2.05, 4.69) is 18.7 Å². The van der Waals surface area contributed by atoms with E-state index in [-0.39, 0.29) is 36.5 Å². The number of hydrogen-bond donors (Lipinski definition) is 0. The van der Waals surface area contributed by atoms with Crippen LogP contribution in [-0.4, -0.2) is 89.0 Å². The van der Waals surface area contributed by atoms with Crippen molar-refractivity contribution in [1.82, 2.24) is 0 Å². The average molecular weight is 542 g/mol. The predicted octanol–water partition coefficient (Wildman–Crippen LogP) is 4.50. The van der Waals surface area contributed by atoms with Crippen LogP contribution in [0.15, 0.2) is 0 Å². The lowest BCUT2D eigenvalue weighted by atomic mass is 9.83. The van der Waals surface area contributed by atoms with Crippen LogP contribution in [0.5, 0.6) is 0 Å². The molecule has 0 saturated carbocycles. The molecule has 0 heterocycles. The molecular formula is C29H51NO8. The van der Waals surface area contributed by atoms with Gasteiger partial charge in [-0.2, -0.15) is 0 Å². The molecule has 0 fully saturated rings. The summed E-state index contributed by atoms with van der Waals surface area (Å²) in [5, 5.41) is 0. The second kappa shape index (κ2) is 23.2. The summed E-state index contributed by atoms with van der Waals surface area (Å²) >= 11 is 0. The van der Waals surface area contributed by atoms with Gasteiger partial charge in [0.1, 0.15) is 13.2 Å². The SMILES string of the molecule is [C-]#[N+]C(C)(C(=O)CCCOCCOCC(=O)CCCOCCOCC(=O)CCCOCCC(C)C)C(C)C. The van der Waals surface area contributed by atoms with E-state index in [0.717, 1.165) is 13.0 Å². The van der Waals surface area contributed by atoms with Crippen LogP contribution < -0.4 is 0 Å². The Morgan fingerprint density at radius 2 is 1.08 bits per heavy atom. The van der Waals surface area contributed by atoms with Gasteiger partial charge >= 0.3 is 0 Å². The molecule has 0 radical (unpaired) electrons. The zero-order chi connectivity index (χ0) is 28.7. The molecule has 0 amide bonds. The molecule has 0 aliphatic heterocycles. The van der Waals surface area contributed by atoms with E-state index in [1.165, 1.54) is 0 Å². The molecule has 0 N–H and O–H groups in total. The third-order valence-corrected chi connectivity index (χ3v) is 6.21. The van der Waals surface area contributed by atoms with Gasteiger partial charge in [0.05, 0.1) is 26.4 Å². The number of nitrogens with zero attached hydrogens (tertiary/aromatic N) is 1. The van der Waals surface area contributed by atoms with Gasteiger partial charge in [-0.25, -0.2) is 6.57 Å². The molecular weight excluding hydrogens is 490 g/mol. The third-order valence-electron chi connectivity index (χ3n) is 6.21. The number of rotatable bonds is 27. The number of hydrogen-bond acceptors (Lipinski definition) is 8. The van der Waals surface area contributed by atoms with E-state index in [1.807, 2.05) is 13.8 Å². The Morgan fingerprint density at radius 1 is 0.658 bits per heavy atom. The summed E-state index contributed by atoms with van der Waals surface area (Å²) in [6, 6.07) is 0. The minimum Gasteiger partial charge on any atom is -0.381 e. The Morgan fingerprint density at radius 3 is 1.50 bits per heavy atom. The summed E-state index contributed by atoms with van der Waals surface area (Å²) in [6.07, 6.45) is 4.06. The Bertz CT molecular complexity index is 689. The van der Waals surface area contributed by atoms with Crippen LogP contribution in [0.2, 0.25) is 0 Å². The molecule has 0 rings (SSSR count). The zero-order valence-electron chi connectivity index (χ0n) is 24.4. The number of carbonyl (C=O) groups excluding carboxylic acids is 3. The van der Waals surface area contributed by atoms with E-state index in [9.17, 15) is 14.4 Å². The highest BCUT2D eigenvalue weighted by Gasteiger charge is 2.42. The second-order valence-electron chi connectivity index (χ2n) is 10.4. The van der Waals surface area contributed by atoms with Gasteiger partial charge in [-0.05, 0) is 31.6 Å². The Balaban J connectivity index is 3.48. The highest BCUT2D eigenvalue weighted by molar-refractivity contribution is 5.90. The van der Waals surface area contributed by atoms with Crippen LogP contribution in [0.3, 0.4) is 0 Å². The van der Waals surface area contributed by atoms with Crippen molar-refractivity contribution in [3.8, 4) is 0 Å². The number of ether oxygens (including phenoxy) is 5. The molecule has 0 aromatic heterocycles. The maximum absolute atomic E-state index is 12.3. The smallest absolute Gasteiger partial charge is 0.289 e. The number of ketones is 3. The fourth-order valence-electron chi connectivity index (χ4n) is 3.22. The third kappa shape index (κ3) is 19.4. The van der Waals surface area contributed by atoms with Crippen molar-refractivity contribution >= 4 is 17.3 Å². The minimum absolute atomic E-state index is 0.00124. The highest BCUT2D eigenvalue weighted by atomic mass is 16.5. The van der Waals surface area contributed by atoms with Crippen molar-refractivity contribution in [3.63, 3.8) is 0 Å². The molecule has 0 aromatic rings. The van der Waals surface area contributed by atoms with Gasteiger partial charge in [-0.15, -0.1) is 0 Å². The van der Waals surface area contributed by atoms with Gasteiger partial charge in [-0.1, -0.05) is 27.7 Å². The van der Waals surface area contributed by atoms with E-state index in [1.54, 1.807) is 6.92 Å². The van der Waals surface area contributed by atoms with E-state index in [4.69, 9.17) is 30.3 Å². The van der Waals surface area contributed by atoms with Crippen LogP contribution in [0, 0.1) is 18.4 Å². The molecule has 38 heavy (non-hydrogen) atoms. The summed E-state index contributed by atoms with van der Waals surface area (Å²) < 4.78 is 27.0. The summed E-state index contributed by atoms with van der Waals surface area (Å²) in [4.78, 5) is 39.4. The molecule has 0 aliphatic carbocycles. The van der Waals surface area contributed by atoms with Gasteiger partial charge in [0, 0.05) is 58.5 Å². The normalized spacial score (nSPS) is 13.0. The van der Waals surface area contributed by atoms with Crippen molar-refractivity contribution in [2.45, 2.75) is 85.1 Å². The van der Waals surface area contributed by atoms with Gasteiger partial charge in [0.25, 0.3) is 5.54 Å². The summed E-state index contributed by atoms with van der Waals surface area (Å²) in [6.45, 7) is 20.8. The minimum atomic E-state index is -0.967. The van der Waals surface area contributed by atoms with Crippen LogP contribution in [0.25, 0.3) is 4.85 Å². The molecule has 9 heteroatoms. The molecule has 9 nitrogen and oxygen atoms in total. The van der Waals surface area contributed by atoms with Crippen LogP contribution in [0.4, 0.5) is 0 Å². The maximum atomic E-state index is 12.3. The van der Waals surface area contributed by atoms with Crippen LogP contribution >= 0.6 is 0 Å². The number of carbonyl (C=O) groups is 3. The van der Waals surface area contributed by atoms with Crippen molar-refractivity contribution in [2.75, 3.05) is 66.1 Å². The van der Waals surface area contributed by atoms with Crippen molar-refractivity contribution in [3.05, 3.63) is 11.4 Å². The highest BCUT2D eigenvalue weighted by Crippen LogP contribution is 2.24. The second-order valence-corrected chi connectivity index (χ2v) is 10.4. The molecule has 1 unspecified atom stereocenters. The van der Waals surface area contributed by atoms with E-state index in [0.29, 0.717) is 90.7 Å².